The number of carbonyl (C=O) groups excluding carboxylic acids is 2. The highest BCUT2D eigenvalue weighted by molar-refractivity contribution is 6.03. The van der Waals surface area contributed by atoms with Crippen LogP contribution in [0.4, 0.5) is 17.1 Å². The summed E-state index contributed by atoms with van der Waals surface area (Å²) >= 11 is 0. The van der Waals surface area contributed by atoms with Gasteiger partial charge in [-0.1, -0.05) is 25.1 Å². The molecule has 5 nitrogen and oxygen atoms in total. The van der Waals surface area contributed by atoms with E-state index in [1.807, 2.05) is 67.5 Å². The minimum absolute atomic E-state index is 0.00784. The lowest BCUT2D eigenvalue weighted by atomic mass is 10.1. The molecule has 136 valence electrons. The van der Waals surface area contributed by atoms with Gasteiger partial charge in [-0.05, 0) is 42.3 Å². The third-order valence-corrected chi connectivity index (χ3v) is 4.83. The smallest absolute Gasteiger partial charge is 0.229 e. The van der Waals surface area contributed by atoms with Gasteiger partial charge in [0.2, 0.25) is 11.8 Å². The Morgan fingerprint density at radius 3 is 2.50 bits per heavy atom. The van der Waals surface area contributed by atoms with Crippen molar-refractivity contribution in [2.75, 3.05) is 35.8 Å². The molecule has 1 aliphatic heterocycles. The molecule has 2 aromatic carbocycles. The Morgan fingerprint density at radius 2 is 1.85 bits per heavy atom. The van der Waals surface area contributed by atoms with Gasteiger partial charge < -0.3 is 15.1 Å². The summed E-state index contributed by atoms with van der Waals surface area (Å²) in [5.41, 5.74) is 3.85. The van der Waals surface area contributed by atoms with Crippen LogP contribution in [0.3, 0.4) is 0 Å². The van der Waals surface area contributed by atoms with E-state index >= 15 is 0 Å². The molecule has 0 aromatic heterocycles. The summed E-state index contributed by atoms with van der Waals surface area (Å²) in [6, 6.07) is 15.6. The highest BCUT2D eigenvalue weighted by atomic mass is 16.2. The number of hydrogen-bond donors (Lipinski definition) is 1. The first kappa shape index (κ1) is 18.0. The molecular formula is C21H25N3O2. The number of benzene rings is 2. The summed E-state index contributed by atoms with van der Waals surface area (Å²) < 4.78 is 0. The molecule has 1 atom stereocenters. The van der Waals surface area contributed by atoms with Crippen molar-refractivity contribution >= 4 is 28.9 Å². The average molecular weight is 351 g/mol. The quantitative estimate of drug-likeness (QED) is 0.899. The monoisotopic (exact) mass is 351 g/mol. The highest BCUT2D eigenvalue weighted by Crippen LogP contribution is 2.28. The summed E-state index contributed by atoms with van der Waals surface area (Å²) in [5.74, 6) is -0.431. The molecule has 1 unspecified atom stereocenters. The van der Waals surface area contributed by atoms with Gasteiger partial charge in [-0.2, -0.15) is 0 Å². The second kappa shape index (κ2) is 7.60. The molecule has 1 aliphatic rings. The van der Waals surface area contributed by atoms with Crippen LogP contribution in [0, 0.1) is 5.92 Å². The highest BCUT2D eigenvalue weighted by Gasteiger charge is 2.35. The summed E-state index contributed by atoms with van der Waals surface area (Å²) in [4.78, 5) is 28.8. The number of para-hydroxylation sites is 1. The van der Waals surface area contributed by atoms with Crippen LogP contribution in [0.5, 0.6) is 0 Å². The lowest BCUT2D eigenvalue weighted by molar-refractivity contribution is -0.122. The van der Waals surface area contributed by atoms with Crippen LogP contribution in [0.15, 0.2) is 48.5 Å². The zero-order chi connectivity index (χ0) is 18.7. The van der Waals surface area contributed by atoms with Crippen LogP contribution in [-0.2, 0) is 16.0 Å². The fraction of sp³-hybridized carbons (Fsp3) is 0.333. The zero-order valence-electron chi connectivity index (χ0n) is 15.5. The third kappa shape index (κ3) is 3.72. The SMILES string of the molecule is CCc1ccccc1NC(=O)C1CC(=O)N(c2ccc(N(C)C)cc2)C1. The molecule has 26 heavy (non-hydrogen) atoms. The van der Waals surface area contributed by atoms with E-state index in [9.17, 15) is 9.59 Å². The maximum atomic E-state index is 12.7. The normalized spacial score (nSPS) is 16.7. The summed E-state index contributed by atoms with van der Waals surface area (Å²) in [7, 11) is 3.95. The molecule has 5 heteroatoms. The van der Waals surface area contributed by atoms with Gasteiger partial charge >= 0.3 is 0 Å². The van der Waals surface area contributed by atoms with E-state index in [4.69, 9.17) is 0 Å². The third-order valence-electron chi connectivity index (χ3n) is 4.83. The van der Waals surface area contributed by atoms with Crippen molar-refractivity contribution in [3.05, 3.63) is 54.1 Å². The molecule has 1 N–H and O–H groups in total. The number of carbonyl (C=O) groups is 2. The van der Waals surface area contributed by atoms with E-state index in [0.29, 0.717) is 6.54 Å². The van der Waals surface area contributed by atoms with E-state index in [1.54, 1.807) is 4.90 Å². The van der Waals surface area contributed by atoms with E-state index in [2.05, 4.69) is 12.2 Å². The fourth-order valence-electron chi connectivity index (χ4n) is 3.25. The van der Waals surface area contributed by atoms with Gasteiger partial charge in [0.15, 0.2) is 0 Å². The molecule has 1 fully saturated rings. The topological polar surface area (TPSA) is 52.7 Å². The molecule has 0 saturated carbocycles. The lowest BCUT2D eigenvalue weighted by Gasteiger charge is -2.19. The van der Waals surface area contributed by atoms with Gasteiger partial charge in [0.1, 0.15) is 0 Å². The predicted octanol–water partition coefficient (Wildman–Crippen LogP) is 3.31. The number of amides is 2. The first-order valence-electron chi connectivity index (χ1n) is 8.96. The fourth-order valence-corrected chi connectivity index (χ4v) is 3.25. The van der Waals surface area contributed by atoms with Crippen molar-refractivity contribution in [2.24, 2.45) is 5.92 Å². The molecule has 3 rings (SSSR count). The predicted molar refractivity (Wildman–Crippen MR) is 106 cm³/mol. The van der Waals surface area contributed by atoms with Gasteiger partial charge in [0.25, 0.3) is 0 Å². The summed E-state index contributed by atoms with van der Waals surface area (Å²) in [6.07, 6.45) is 1.10. The number of hydrogen-bond acceptors (Lipinski definition) is 3. The number of rotatable bonds is 5. The largest absolute Gasteiger partial charge is 0.378 e. The molecule has 0 bridgehead atoms. The van der Waals surface area contributed by atoms with Crippen LogP contribution >= 0.6 is 0 Å². The number of nitrogens with zero attached hydrogens (tertiary/aromatic N) is 2. The molecule has 2 amide bonds. The first-order chi connectivity index (χ1) is 12.5. The second-order valence-electron chi connectivity index (χ2n) is 6.82. The molecule has 0 aliphatic carbocycles. The van der Waals surface area contributed by atoms with Crippen LogP contribution in [0.25, 0.3) is 0 Å². The maximum Gasteiger partial charge on any atom is 0.229 e. The van der Waals surface area contributed by atoms with Gasteiger partial charge in [-0.3, -0.25) is 9.59 Å². The first-order valence-corrected chi connectivity index (χ1v) is 8.96. The van der Waals surface area contributed by atoms with Crippen LogP contribution in [0.1, 0.15) is 18.9 Å². The Balaban J connectivity index is 1.69. The Labute approximate surface area is 154 Å². The molecule has 0 radical (unpaired) electrons. The van der Waals surface area contributed by atoms with Gasteiger partial charge in [0, 0.05) is 44.1 Å². The van der Waals surface area contributed by atoms with Gasteiger partial charge in [0.05, 0.1) is 5.92 Å². The standard InChI is InChI=1S/C21H25N3O2/c1-4-15-7-5-6-8-19(15)22-21(26)16-13-20(25)24(14-16)18-11-9-17(10-12-18)23(2)3/h5-12,16H,4,13-14H2,1-3H3,(H,22,26). The van der Waals surface area contributed by atoms with Crippen molar-refractivity contribution < 1.29 is 9.59 Å². The minimum atomic E-state index is -0.332. The van der Waals surface area contributed by atoms with Gasteiger partial charge in [-0.15, -0.1) is 0 Å². The number of nitrogens with one attached hydrogen (secondary N) is 1. The van der Waals surface area contributed by atoms with Crippen molar-refractivity contribution in [1.82, 2.24) is 0 Å². The Bertz CT molecular complexity index is 799. The molecule has 1 saturated heterocycles. The van der Waals surface area contributed by atoms with Crippen molar-refractivity contribution in [3.8, 4) is 0 Å². The van der Waals surface area contributed by atoms with Crippen molar-refractivity contribution in [1.29, 1.82) is 0 Å². The lowest BCUT2D eigenvalue weighted by Crippen LogP contribution is -2.28. The number of aryl methyl sites for hydroxylation is 1. The molecule has 1 heterocycles. The van der Waals surface area contributed by atoms with Crippen LogP contribution < -0.4 is 15.1 Å². The van der Waals surface area contributed by atoms with Gasteiger partial charge in [-0.25, -0.2) is 0 Å². The van der Waals surface area contributed by atoms with Crippen molar-refractivity contribution in [3.63, 3.8) is 0 Å². The average Bonchev–Trinajstić information content (AvgIpc) is 3.04. The minimum Gasteiger partial charge on any atom is -0.378 e. The molecular weight excluding hydrogens is 326 g/mol. The van der Waals surface area contributed by atoms with E-state index in [1.165, 1.54) is 0 Å². The Hall–Kier alpha value is -2.82. The molecule has 2 aromatic rings. The van der Waals surface area contributed by atoms with E-state index < -0.39 is 0 Å². The number of anilines is 3. The summed E-state index contributed by atoms with van der Waals surface area (Å²) in [5, 5.41) is 3.00. The zero-order valence-corrected chi connectivity index (χ0v) is 15.5. The van der Waals surface area contributed by atoms with Crippen LogP contribution in [0.2, 0.25) is 0 Å². The molecule has 0 spiro atoms. The van der Waals surface area contributed by atoms with Crippen molar-refractivity contribution in [2.45, 2.75) is 19.8 Å². The Morgan fingerprint density at radius 1 is 1.15 bits per heavy atom. The summed E-state index contributed by atoms with van der Waals surface area (Å²) in [6.45, 7) is 2.48. The van der Waals surface area contributed by atoms with E-state index in [0.717, 1.165) is 29.0 Å². The second-order valence-corrected chi connectivity index (χ2v) is 6.82. The Kier molecular flexibility index (Phi) is 5.26. The van der Waals surface area contributed by atoms with Crippen LogP contribution in [-0.4, -0.2) is 32.5 Å². The van der Waals surface area contributed by atoms with E-state index in [-0.39, 0.29) is 24.2 Å². The maximum absolute atomic E-state index is 12.7.